The van der Waals surface area contributed by atoms with Crippen LogP contribution in [0.15, 0.2) is 0 Å². The highest BCUT2D eigenvalue weighted by atomic mass is 32.2. The summed E-state index contributed by atoms with van der Waals surface area (Å²) in [6, 6.07) is 0. The summed E-state index contributed by atoms with van der Waals surface area (Å²) in [6.45, 7) is 0. The molecule has 0 aromatic heterocycles. The molecule has 134 valence electrons. The first-order valence-corrected chi connectivity index (χ1v) is 7.89. The van der Waals surface area contributed by atoms with E-state index in [-0.39, 0.29) is 25.7 Å². The summed E-state index contributed by atoms with van der Waals surface area (Å²) >= 11 is 0. The van der Waals surface area contributed by atoms with Crippen molar-refractivity contribution in [2.45, 2.75) is 68.7 Å². The zero-order valence-electron chi connectivity index (χ0n) is 11.4. The maximum absolute atomic E-state index is 13.0. The van der Waals surface area contributed by atoms with Gasteiger partial charge in [0.25, 0.3) is 0 Å². The van der Waals surface area contributed by atoms with E-state index in [0.29, 0.717) is 6.42 Å². The van der Waals surface area contributed by atoms with Gasteiger partial charge in [-0.25, -0.2) is 8.42 Å². The lowest BCUT2D eigenvalue weighted by atomic mass is 10.1. The van der Waals surface area contributed by atoms with Gasteiger partial charge in [0.1, 0.15) is 0 Å². The second-order valence-electron chi connectivity index (χ2n) is 4.91. The fourth-order valence-electron chi connectivity index (χ4n) is 1.71. The van der Waals surface area contributed by atoms with E-state index in [1.807, 2.05) is 0 Å². The molecule has 0 atom stereocenters. The van der Waals surface area contributed by atoms with Crippen LogP contribution < -0.4 is 0 Å². The Labute approximate surface area is 123 Å². The molecule has 0 unspecified atom stereocenters. The summed E-state index contributed by atoms with van der Waals surface area (Å²) in [5.74, 6) is -4.97. The highest BCUT2D eigenvalue weighted by Crippen LogP contribution is 2.41. The summed E-state index contributed by atoms with van der Waals surface area (Å²) in [7, 11) is -6.47. The average molecular weight is 361 g/mol. The summed E-state index contributed by atoms with van der Waals surface area (Å²) < 4.78 is 117. The van der Waals surface area contributed by atoms with E-state index in [1.165, 1.54) is 0 Å². The number of alkyl halides is 7. The second-order valence-corrected chi connectivity index (χ2v) is 6.33. The molecular formula is C11H16F7O3S-. The van der Waals surface area contributed by atoms with Crippen molar-refractivity contribution < 1.29 is 43.7 Å². The van der Waals surface area contributed by atoms with E-state index in [1.54, 1.807) is 0 Å². The van der Waals surface area contributed by atoms with Gasteiger partial charge < -0.3 is 4.55 Å². The van der Waals surface area contributed by atoms with Crippen molar-refractivity contribution in [1.29, 1.82) is 0 Å². The van der Waals surface area contributed by atoms with Crippen molar-refractivity contribution in [2.24, 2.45) is 0 Å². The molecule has 0 saturated carbocycles. The van der Waals surface area contributed by atoms with Crippen LogP contribution in [0.1, 0.15) is 51.4 Å². The van der Waals surface area contributed by atoms with Crippen LogP contribution in [-0.2, 0) is 10.1 Å². The molecule has 11 heteroatoms. The molecule has 0 saturated heterocycles. The van der Waals surface area contributed by atoms with Gasteiger partial charge in [-0.15, -0.1) is 0 Å². The standard InChI is InChI=1S/C11H17F7O3S/c12-9(13,11(17,18)22(19,20)21)7-5-3-1-2-4-6-8-10(14,15)16/h1-8H2,(H,19,20,21)/p-1. The van der Waals surface area contributed by atoms with Gasteiger partial charge in [-0.05, 0) is 12.8 Å². The van der Waals surface area contributed by atoms with Gasteiger partial charge in [0.05, 0.1) is 0 Å². The molecule has 0 rings (SSSR count). The Morgan fingerprint density at radius 2 is 1.05 bits per heavy atom. The molecule has 0 aromatic rings. The summed E-state index contributed by atoms with van der Waals surface area (Å²) in [5.41, 5.74) is 0. The van der Waals surface area contributed by atoms with Crippen molar-refractivity contribution >= 4 is 10.1 Å². The van der Waals surface area contributed by atoms with Crippen molar-refractivity contribution in [2.75, 3.05) is 0 Å². The number of hydrogen-bond donors (Lipinski definition) is 0. The Morgan fingerprint density at radius 3 is 1.41 bits per heavy atom. The lowest BCUT2D eigenvalue weighted by Crippen LogP contribution is -2.46. The molecule has 3 nitrogen and oxygen atoms in total. The van der Waals surface area contributed by atoms with Gasteiger partial charge in [-0.3, -0.25) is 0 Å². The minimum Gasteiger partial charge on any atom is -0.743 e. The minimum atomic E-state index is -6.47. The quantitative estimate of drug-likeness (QED) is 0.328. The molecule has 0 bridgehead atoms. The first-order valence-electron chi connectivity index (χ1n) is 6.48. The monoisotopic (exact) mass is 361 g/mol. The highest BCUT2D eigenvalue weighted by Gasteiger charge is 2.60. The molecule has 0 heterocycles. The number of rotatable bonds is 10. The van der Waals surface area contributed by atoms with Crippen LogP contribution in [0.25, 0.3) is 0 Å². The fraction of sp³-hybridized carbons (Fsp3) is 1.00. The van der Waals surface area contributed by atoms with Gasteiger partial charge in [0, 0.05) is 12.8 Å². The highest BCUT2D eigenvalue weighted by molar-refractivity contribution is 7.86. The smallest absolute Gasteiger partial charge is 0.396 e. The van der Waals surface area contributed by atoms with Gasteiger partial charge >= 0.3 is 17.4 Å². The number of unbranched alkanes of at least 4 members (excludes halogenated alkanes) is 5. The van der Waals surface area contributed by atoms with E-state index < -0.39 is 46.7 Å². The van der Waals surface area contributed by atoms with E-state index in [9.17, 15) is 43.7 Å². The normalized spacial score (nSPS) is 14.4. The molecule has 0 amide bonds. The van der Waals surface area contributed by atoms with Crippen LogP contribution in [0.2, 0.25) is 0 Å². The predicted molar refractivity (Wildman–Crippen MR) is 62.6 cm³/mol. The molecule has 0 aliphatic carbocycles. The molecule has 0 fully saturated rings. The second kappa shape index (κ2) is 7.80. The van der Waals surface area contributed by atoms with Crippen LogP contribution in [0, 0.1) is 0 Å². The van der Waals surface area contributed by atoms with Gasteiger partial charge in [0.2, 0.25) is 0 Å². The number of halogens is 7. The third kappa shape index (κ3) is 7.12. The average Bonchev–Trinajstić information content (AvgIpc) is 2.29. The van der Waals surface area contributed by atoms with Crippen LogP contribution in [0.3, 0.4) is 0 Å². The maximum Gasteiger partial charge on any atom is 0.396 e. The Morgan fingerprint density at radius 1 is 0.682 bits per heavy atom. The lowest BCUT2D eigenvalue weighted by Gasteiger charge is -2.28. The third-order valence-electron chi connectivity index (χ3n) is 2.94. The third-order valence-corrected chi connectivity index (χ3v) is 3.87. The Kier molecular flexibility index (Phi) is 7.60. The SMILES string of the molecule is O=S(=O)([O-])C(F)(F)C(F)(F)CCCCCCCCC(F)(F)F. The summed E-state index contributed by atoms with van der Waals surface area (Å²) in [5, 5.41) is -5.67. The predicted octanol–water partition coefficient (Wildman–Crippen LogP) is 4.44. The molecule has 0 aliphatic heterocycles. The molecule has 0 spiro atoms. The summed E-state index contributed by atoms with van der Waals surface area (Å²) in [4.78, 5) is 0. The molecule has 0 N–H and O–H groups in total. The Balaban J connectivity index is 3.97. The van der Waals surface area contributed by atoms with Gasteiger partial charge in [0.15, 0.2) is 10.1 Å². The first-order chi connectivity index (χ1) is 9.71. The largest absolute Gasteiger partial charge is 0.743 e. The molecular weight excluding hydrogens is 345 g/mol. The molecule has 0 radical (unpaired) electrons. The summed E-state index contributed by atoms with van der Waals surface area (Å²) in [6.07, 6.45) is -6.43. The van der Waals surface area contributed by atoms with Crippen molar-refractivity contribution in [3.63, 3.8) is 0 Å². The molecule has 22 heavy (non-hydrogen) atoms. The first kappa shape index (κ1) is 21.4. The minimum absolute atomic E-state index is 0.0244. The van der Waals surface area contributed by atoms with Crippen molar-refractivity contribution in [3.8, 4) is 0 Å². The topological polar surface area (TPSA) is 57.2 Å². The van der Waals surface area contributed by atoms with Crippen LogP contribution in [-0.4, -0.2) is 30.3 Å². The molecule has 0 aliphatic rings. The number of hydrogen-bond acceptors (Lipinski definition) is 3. The van der Waals surface area contributed by atoms with Gasteiger partial charge in [-0.2, -0.15) is 30.7 Å². The van der Waals surface area contributed by atoms with Crippen LogP contribution in [0.5, 0.6) is 0 Å². The van der Waals surface area contributed by atoms with Crippen molar-refractivity contribution in [1.82, 2.24) is 0 Å². The Hall–Kier alpha value is -0.580. The van der Waals surface area contributed by atoms with E-state index >= 15 is 0 Å². The lowest BCUT2D eigenvalue weighted by molar-refractivity contribution is -0.165. The zero-order chi connectivity index (χ0) is 17.7. The van der Waals surface area contributed by atoms with Gasteiger partial charge in [-0.1, -0.05) is 25.7 Å². The fourth-order valence-corrected chi connectivity index (χ4v) is 2.18. The maximum atomic E-state index is 13.0. The molecule has 0 aromatic carbocycles. The zero-order valence-corrected chi connectivity index (χ0v) is 12.3. The van der Waals surface area contributed by atoms with Crippen LogP contribution in [0.4, 0.5) is 30.7 Å². The van der Waals surface area contributed by atoms with E-state index in [2.05, 4.69) is 0 Å². The van der Waals surface area contributed by atoms with Crippen LogP contribution >= 0.6 is 0 Å². The van der Waals surface area contributed by atoms with E-state index in [4.69, 9.17) is 0 Å². The van der Waals surface area contributed by atoms with Crippen molar-refractivity contribution in [3.05, 3.63) is 0 Å². The van der Waals surface area contributed by atoms with E-state index in [0.717, 1.165) is 0 Å². The Bertz CT molecular complexity index is 431.